The van der Waals surface area contributed by atoms with Crippen molar-refractivity contribution in [3.8, 4) is 0 Å². The van der Waals surface area contributed by atoms with Crippen LogP contribution in [0, 0.1) is 5.82 Å². The number of rotatable bonds is 5. The van der Waals surface area contributed by atoms with Crippen LogP contribution in [0.25, 0.3) is 0 Å². The van der Waals surface area contributed by atoms with Crippen LogP contribution in [-0.4, -0.2) is 29.4 Å². The van der Waals surface area contributed by atoms with E-state index >= 15 is 0 Å². The molecule has 0 bridgehead atoms. The summed E-state index contributed by atoms with van der Waals surface area (Å²) in [7, 11) is 0. The molecule has 0 amide bonds. The fourth-order valence-electron chi connectivity index (χ4n) is 2.01. The van der Waals surface area contributed by atoms with Crippen LogP contribution in [0.15, 0.2) is 18.2 Å². The number of nitrogens with zero attached hydrogens (tertiary/aromatic N) is 1. The topological polar surface area (TPSA) is 43.7 Å². The second kappa shape index (κ2) is 5.02. The minimum absolute atomic E-state index is 0.0219. The van der Waals surface area contributed by atoms with E-state index in [9.17, 15) is 9.50 Å². The maximum absolute atomic E-state index is 13.9. The van der Waals surface area contributed by atoms with Gasteiger partial charge in [-0.05, 0) is 37.5 Å². The van der Waals surface area contributed by atoms with Crippen molar-refractivity contribution in [1.29, 1.82) is 0 Å². The molecule has 1 fully saturated rings. The lowest BCUT2D eigenvalue weighted by Gasteiger charge is -2.24. The van der Waals surface area contributed by atoms with Gasteiger partial charge in [0.15, 0.2) is 0 Å². The first-order valence-corrected chi connectivity index (χ1v) is 5.98. The van der Waals surface area contributed by atoms with Crippen LogP contribution in [0.1, 0.15) is 31.4 Å². The summed E-state index contributed by atoms with van der Waals surface area (Å²) in [6.07, 6.45) is 1.45. The van der Waals surface area contributed by atoms with Crippen LogP contribution in [0.3, 0.4) is 0 Å². The Balaban J connectivity index is 2.24. The zero-order valence-electron chi connectivity index (χ0n) is 9.93. The van der Waals surface area contributed by atoms with Gasteiger partial charge >= 0.3 is 0 Å². The number of halogens is 1. The Morgan fingerprint density at radius 1 is 1.47 bits per heavy atom. The first kappa shape index (κ1) is 12.3. The van der Waals surface area contributed by atoms with Crippen molar-refractivity contribution in [3.05, 3.63) is 29.6 Å². The van der Waals surface area contributed by atoms with Crippen molar-refractivity contribution in [1.82, 2.24) is 0 Å². The molecule has 0 heterocycles. The van der Waals surface area contributed by atoms with Crippen molar-refractivity contribution < 1.29 is 14.6 Å². The fraction of sp³-hybridized carbons (Fsp3) is 0.538. The van der Waals surface area contributed by atoms with Crippen LogP contribution in [0.2, 0.25) is 0 Å². The minimum Gasteiger partial charge on any atom is -0.395 e. The zero-order valence-corrected chi connectivity index (χ0v) is 9.93. The maximum Gasteiger partial charge on any atom is 0.146 e. The SMILES string of the molecule is C[C@H](O)c1ccc(N(CCO)C2CC2)c(F)c1. The smallest absolute Gasteiger partial charge is 0.146 e. The Morgan fingerprint density at radius 3 is 2.65 bits per heavy atom. The monoisotopic (exact) mass is 239 g/mol. The van der Waals surface area contributed by atoms with Gasteiger partial charge in [-0.2, -0.15) is 0 Å². The van der Waals surface area contributed by atoms with E-state index in [1.54, 1.807) is 19.1 Å². The third-order valence-corrected chi connectivity index (χ3v) is 3.09. The standard InChI is InChI=1S/C13H18FNO2/c1-9(17)10-2-5-13(12(14)8-10)15(6-7-16)11-3-4-11/h2,5,8-9,11,16-17H,3-4,6-7H2,1H3/t9-/m0/s1. The van der Waals surface area contributed by atoms with Gasteiger partial charge in [-0.15, -0.1) is 0 Å². The molecule has 1 aliphatic carbocycles. The van der Waals surface area contributed by atoms with E-state index in [0.717, 1.165) is 12.8 Å². The van der Waals surface area contributed by atoms with Gasteiger partial charge in [0, 0.05) is 12.6 Å². The van der Waals surface area contributed by atoms with Crippen LogP contribution < -0.4 is 4.90 Å². The number of anilines is 1. The molecule has 0 spiro atoms. The Morgan fingerprint density at radius 2 is 2.18 bits per heavy atom. The molecule has 4 heteroatoms. The van der Waals surface area contributed by atoms with Gasteiger partial charge in [0.25, 0.3) is 0 Å². The molecule has 2 N–H and O–H groups in total. The van der Waals surface area contributed by atoms with Crippen LogP contribution in [-0.2, 0) is 0 Å². The van der Waals surface area contributed by atoms with E-state index in [2.05, 4.69) is 0 Å². The van der Waals surface area contributed by atoms with Gasteiger partial charge in [-0.3, -0.25) is 0 Å². The molecule has 1 aliphatic rings. The molecule has 3 nitrogen and oxygen atoms in total. The van der Waals surface area contributed by atoms with E-state index in [-0.39, 0.29) is 12.4 Å². The summed E-state index contributed by atoms with van der Waals surface area (Å²) < 4.78 is 13.9. The van der Waals surface area contributed by atoms with Gasteiger partial charge in [-0.25, -0.2) is 4.39 Å². The van der Waals surface area contributed by atoms with E-state index in [0.29, 0.717) is 23.8 Å². The minimum atomic E-state index is -0.661. The number of benzene rings is 1. The Hall–Kier alpha value is -1.13. The van der Waals surface area contributed by atoms with Crippen molar-refractivity contribution >= 4 is 5.69 Å². The maximum atomic E-state index is 13.9. The first-order valence-electron chi connectivity index (χ1n) is 5.98. The van der Waals surface area contributed by atoms with E-state index in [4.69, 9.17) is 5.11 Å². The first-order chi connectivity index (χ1) is 8.13. The quantitative estimate of drug-likeness (QED) is 0.824. The predicted octanol–water partition coefficient (Wildman–Crippen LogP) is 1.84. The number of hydrogen-bond acceptors (Lipinski definition) is 3. The fourth-order valence-corrected chi connectivity index (χ4v) is 2.01. The Kier molecular flexibility index (Phi) is 3.64. The molecule has 1 aromatic carbocycles. The highest BCUT2D eigenvalue weighted by Crippen LogP contribution is 2.33. The number of aliphatic hydroxyl groups is 2. The van der Waals surface area contributed by atoms with Gasteiger partial charge in [0.1, 0.15) is 5.82 Å². The molecule has 17 heavy (non-hydrogen) atoms. The summed E-state index contributed by atoms with van der Waals surface area (Å²) >= 11 is 0. The summed E-state index contributed by atoms with van der Waals surface area (Å²) in [5, 5.41) is 18.4. The Labute approximate surface area is 100 Å². The van der Waals surface area contributed by atoms with Crippen molar-refractivity contribution in [2.75, 3.05) is 18.1 Å². The van der Waals surface area contributed by atoms with E-state index < -0.39 is 6.10 Å². The van der Waals surface area contributed by atoms with E-state index in [1.807, 2.05) is 4.90 Å². The average Bonchev–Trinajstić information content (AvgIpc) is 3.10. The lowest BCUT2D eigenvalue weighted by atomic mass is 10.1. The summed E-state index contributed by atoms with van der Waals surface area (Å²) in [5.74, 6) is -0.330. The third kappa shape index (κ3) is 2.76. The van der Waals surface area contributed by atoms with Crippen LogP contribution in [0.4, 0.5) is 10.1 Å². The summed E-state index contributed by atoms with van der Waals surface area (Å²) in [6.45, 7) is 2.09. The lowest BCUT2D eigenvalue weighted by Crippen LogP contribution is -2.29. The highest BCUT2D eigenvalue weighted by Gasteiger charge is 2.30. The van der Waals surface area contributed by atoms with Gasteiger partial charge in [0.2, 0.25) is 0 Å². The van der Waals surface area contributed by atoms with Crippen molar-refractivity contribution in [2.45, 2.75) is 31.9 Å². The summed E-state index contributed by atoms with van der Waals surface area (Å²) in [4.78, 5) is 1.90. The predicted molar refractivity (Wildman–Crippen MR) is 64.5 cm³/mol. The molecule has 0 unspecified atom stereocenters. The summed E-state index contributed by atoms with van der Waals surface area (Å²) in [5.41, 5.74) is 1.09. The molecule has 0 saturated heterocycles. The van der Waals surface area contributed by atoms with Gasteiger partial charge in [0.05, 0.1) is 18.4 Å². The largest absolute Gasteiger partial charge is 0.395 e. The van der Waals surface area contributed by atoms with Crippen molar-refractivity contribution in [2.24, 2.45) is 0 Å². The Bertz CT molecular complexity index is 391. The molecule has 1 saturated carbocycles. The molecule has 1 aromatic rings. The number of aliphatic hydroxyl groups excluding tert-OH is 2. The van der Waals surface area contributed by atoms with Crippen LogP contribution in [0.5, 0.6) is 0 Å². The highest BCUT2D eigenvalue weighted by atomic mass is 19.1. The molecule has 1 atom stereocenters. The average molecular weight is 239 g/mol. The number of hydrogen-bond donors (Lipinski definition) is 2. The van der Waals surface area contributed by atoms with Gasteiger partial charge < -0.3 is 15.1 Å². The molecular formula is C13H18FNO2. The lowest BCUT2D eigenvalue weighted by molar-refractivity contribution is 0.199. The molecule has 0 aliphatic heterocycles. The highest BCUT2D eigenvalue weighted by molar-refractivity contribution is 5.51. The van der Waals surface area contributed by atoms with E-state index in [1.165, 1.54) is 6.07 Å². The molecule has 0 aromatic heterocycles. The zero-order chi connectivity index (χ0) is 12.4. The molecule has 2 rings (SSSR count). The second-order valence-electron chi connectivity index (χ2n) is 4.53. The van der Waals surface area contributed by atoms with Crippen molar-refractivity contribution in [3.63, 3.8) is 0 Å². The molecular weight excluding hydrogens is 221 g/mol. The third-order valence-electron chi connectivity index (χ3n) is 3.09. The summed E-state index contributed by atoms with van der Waals surface area (Å²) in [6, 6.07) is 5.14. The second-order valence-corrected chi connectivity index (χ2v) is 4.53. The van der Waals surface area contributed by atoms with Gasteiger partial charge in [-0.1, -0.05) is 6.07 Å². The van der Waals surface area contributed by atoms with Crippen LogP contribution >= 0.6 is 0 Å². The molecule has 0 radical (unpaired) electrons. The molecule has 94 valence electrons. The normalized spacial score (nSPS) is 16.9.